The van der Waals surface area contributed by atoms with E-state index in [1.54, 1.807) is 6.07 Å². The van der Waals surface area contributed by atoms with Gasteiger partial charge in [-0.05, 0) is 64.2 Å². The van der Waals surface area contributed by atoms with Gasteiger partial charge in [0.15, 0.2) is 11.4 Å². The number of rotatable bonds is 6. The number of aromatic hydroxyl groups is 1. The minimum absolute atomic E-state index is 0. The number of Topliss-reactive ketones (excluding diaryl/α,β-unsaturated/α-hetero) is 2. The smallest absolute Gasteiger partial charge is 0.416 e. The van der Waals surface area contributed by atoms with E-state index in [0.717, 1.165) is 12.6 Å². The van der Waals surface area contributed by atoms with Crippen molar-refractivity contribution in [2.45, 2.75) is 62.8 Å². The normalized spacial score (nSPS) is 27.1. The van der Waals surface area contributed by atoms with E-state index in [2.05, 4.69) is 5.32 Å². The molecule has 0 spiro atoms. The molecule has 3 aliphatic carbocycles. The van der Waals surface area contributed by atoms with Gasteiger partial charge < -0.3 is 52.6 Å². The largest absolute Gasteiger partial charge is 0.510 e. The number of benzene rings is 2. The summed E-state index contributed by atoms with van der Waals surface area (Å²) in [6.45, 7) is 6.01. The number of phenolic OH excluding ortho intramolecular Hbond substituents is 1. The Morgan fingerprint density at radius 1 is 1.06 bits per heavy atom. The molecule has 52 heavy (non-hydrogen) atoms. The molecule has 0 radical (unpaired) electrons. The van der Waals surface area contributed by atoms with Crippen molar-refractivity contribution in [1.82, 2.24) is 10.2 Å². The highest BCUT2D eigenvalue weighted by molar-refractivity contribution is 6.25. The maximum atomic E-state index is 13.3. The van der Waals surface area contributed by atoms with Gasteiger partial charge in [0, 0.05) is 6.04 Å². The van der Waals surface area contributed by atoms with Crippen LogP contribution in [0.1, 0.15) is 47.8 Å². The molecule has 0 aromatic heterocycles. The Kier molecular flexibility index (Phi) is 14.4. The predicted molar refractivity (Wildman–Crippen MR) is 184 cm³/mol. The molecule has 7 atom stereocenters. The second kappa shape index (κ2) is 16.3. The third-order valence-corrected chi connectivity index (χ3v) is 9.39. The van der Waals surface area contributed by atoms with E-state index in [0.29, 0.717) is 12.0 Å². The minimum atomic E-state index is -4.25. The number of alkyl halides is 3. The summed E-state index contributed by atoms with van der Waals surface area (Å²) in [4.78, 5) is 39.8. The van der Waals surface area contributed by atoms with Gasteiger partial charge in [-0.25, -0.2) is 0 Å². The van der Waals surface area contributed by atoms with Crippen LogP contribution in [-0.4, -0.2) is 108 Å². The van der Waals surface area contributed by atoms with Crippen LogP contribution >= 0.6 is 12.4 Å². The van der Waals surface area contributed by atoms with Crippen molar-refractivity contribution in [3.05, 3.63) is 87.4 Å². The number of nitrogens with zero attached hydrogens (tertiary/aromatic N) is 1. The van der Waals surface area contributed by atoms with Gasteiger partial charge in [-0.2, -0.15) is 13.2 Å². The third kappa shape index (κ3) is 7.53. The lowest BCUT2D eigenvalue weighted by molar-refractivity contribution is -0.173. The predicted octanol–water partition coefficient (Wildman–Crippen LogP) is 0.775. The minimum Gasteiger partial charge on any atom is -0.510 e. The molecular formula is C34H45ClF3N3O11. The lowest BCUT2D eigenvalue weighted by Gasteiger charge is -2.55. The summed E-state index contributed by atoms with van der Waals surface area (Å²) in [6, 6.07) is 8.22. The Balaban J connectivity index is 0.000000608. The first-order valence-electron chi connectivity index (χ1n) is 15.4. The SMILES string of the molecule is CCNC(C)Cc1cccc(C(F)(F)F)c1.CN(C)[C@@H]1C(O)=C(C(N)=O)C(=O)[C@@]2(O)C(O)=C3C(=O)c4c(O)cccc4[C@@](C)(O)[C@H]3[C@H](O)[C@@H]12.Cl.O.O. The van der Waals surface area contributed by atoms with Crippen molar-refractivity contribution in [3.63, 3.8) is 0 Å². The van der Waals surface area contributed by atoms with Crippen molar-refractivity contribution in [2.75, 3.05) is 20.6 Å². The molecule has 0 fully saturated rings. The molecule has 14 nitrogen and oxygen atoms in total. The standard InChI is InChI=1S/C22H24N2O9.C12H16F3N.ClH.2H2O/c1-21(32)7-5-4-6-8(25)9(7)15(26)10-12(21)17(28)13-14(24(2)3)16(27)11(20(23)31)19(30)22(13,33)18(10)29;1-3-16-9(2)7-10-5-4-6-11(8-10)12(13,14)15;;;/h4-6,12-14,17,25,27-29,32-33H,1-3H3,(H2,23,31);4-6,8-9,16H,3,7H2,1-2H3;1H;2*1H2/t12-,13-,14+,17+,21-,22+;;;;/m1..../s1. The summed E-state index contributed by atoms with van der Waals surface area (Å²) < 4.78 is 37.3. The number of hydrogen-bond acceptors (Lipinski definition) is 11. The van der Waals surface area contributed by atoms with E-state index in [9.17, 15) is 58.2 Å². The fraction of sp³-hybridized carbons (Fsp3) is 0.441. The number of aliphatic hydroxyl groups excluding tert-OH is 3. The van der Waals surface area contributed by atoms with Gasteiger partial charge in [0.05, 0.1) is 46.3 Å². The van der Waals surface area contributed by atoms with E-state index in [1.807, 2.05) is 13.8 Å². The average Bonchev–Trinajstić information content (AvgIpc) is 2.99. The van der Waals surface area contributed by atoms with Crippen LogP contribution in [0.5, 0.6) is 5.75 Å². The molecule has 0 saturated carbocycles. The van der Waals surface area contributed by atoms with E-state index < -0.39 is 92.8 Å². The van der Waals surface area contributed by atoms with Crippen LogP contribution in [0, 0.1) is 11.8 Å². The monoisotopic (exact) mass is 763 g/mol. The zero-order chi connectivity index (χ0) is 37.0. The second-order valence-corrected chi connectivity index (χ2v) is 12.9. The van der Waals surface area contributed by atoms with Crippen molar-refractivity contribution in [3.8, 4) is 5.75 Å². The van der Waals surface area contributed by atoms with Gasteiger partial charge >= 0.3 is 6.18 Å². The van der Waals surface area contributed by atoms with Crippen LogP contribution in [0.25, 0.3) is 0 Å². The topological polar surface area (TPSA) is 277 Å². The van der Waals surface area contributed by atoms with Crippen LogP contribution < -0.4 is 11.1 Å². The number of halogens is 4. The van der Waals surface area contributed by atoms with E-state index in [-0.39, 0.29) is 40.5 Å². The average molecular weight is 764 g/mol. The number of likely N-dealkylation sites (N-methyl/N-ethyl adjacent to an activating group) is 2. The maximum Gasteiger partial charge on any atom is 0.416 e. The summed E-state index contributed by atoms with van der Waals surface area (Å²) in [5.41, 5.74) is -1.74. The summed E-state index contributed by atoms with van der Waals surface area (Å²) in [7, 11) is 2.85. The molecule has 13 N–H and O–H groups in total. The zero-order valence-corrected chi connectivity index (χ0v) is 29.6. The Labute approximate surface area is 303 Å². The number of nitrogens with one attached hydrogen (secondary N) is 1. The van der Waals surface area contributed by atoms with E-state index in [1.165, 1.54) is 56.3 Å². The number of carbonyl (C=O) groups excluding carboxylic acids is 3. The summed E-state index contributed by atoms with van der Waals surface area (Å²) >= 11 is 0. The van der Waals surface area contributed by atoms with Gasteiger partial charge in [0.25, 0.3) is 5.91 Å². The summed E-state index contributed by atoms with van der Waals surface area (Å²) in [5.74, 6) is -9.66. The Morgan fingerprint density at radius 2 is 1.63 bits per heavy atom. The Hall–Kier alpha value is -4.07. The number of phenols is 1. The molecule has 2 aromatic rings. The van der Waals surface area contributed by atoms with Crippen LogP contribution in [0.3, 0.4) is 0 Å². The highest BCUT2D eigenvalue weighted by atomic mass is 35.5. The van der Waals surface area contributed by atoms with Crippen LogP contribution in [0.15, 0.2) is 65.1 Å². The second-order valence-electron chi connectivity index (χ2n) is 12.9. The Morgan fingerprint density at radius 3 is 2.15 bits per heavy atom. The van der Waals surface area contributed by atoms with Gasteiger partial charge in [0.2, 0.25) is 5.78 Å². The lowest BCUT2D eigenvalue weighted by Crippen LogP contribution is -2.70. The highest BCUT2D eigenvalue weighted by Gasteiger charge is 2.69. The van der Waals surface area contributed by atoms with Crippen LogP contribution in [-0.2, 0) is 27.8 Å². The first kappa shape index (κ1) is 46.0. The van der Waals surface area contributed by atoms with Gasteiger partial charge in [-0.15, -0.1) is 12.4 Å². The van der Waals surface area contributed by atoms with Crippen molar-refractivity contribution < 1.29 is 69.1 Å². The van der Waals surface area contributed by atoms with Crippen LogP contribution in [0.2, 0.25) is 0 Å². The van der Waals surface area contributed by atoms with Gasteiger partial charge in [-0.3, -0.25) is 19.3 Å². The number of hydrogen-bond donors (Lipinski definition) is 8. The lowest BCUT2D eigenvalue weighted by atomic mass is 9.54. The van der Waals surface area contributed by atoms with Gasteiger partial charge in [-0.1, -0.05) is 37.3 Å². The summed E-state index contributed by atoms with van der Waals surface area (Å²) in [6.07, 6.45) is -5.52. The molecule has 0 saturated heterocycles. The fourth-order valence-corrected chi connectivity index (χ4v) is 7.25. The molecular weight excluding hydrogens is 719 g/mol. The number of primary amides is 1. The van der Waals surface area contributed by atoms with Crippen molar-refractivity contribution >= 4 is 29.9 Å². The van der Waals surface area contributed by atoms with Gasteiger partial charge in [0.1, 0.15) is 22.8 Å². The molecule has 0 bridgehead atoms. The maximum absolute atomic E-state index is 13.3. The zero-order valence-electron chi connectivity index (χ0n) is 28.8. The molecule has 290 valence electrons. The molecule has 2 aromatic carbocycles. The third-order valence-electron chi connectivity index (χ3n) is 9.39. The molecule has 1 amide bonds. The molecule has 1 unspecified atom stereocenters. The van der Waals surface area contributed by atoms with E-state index in [4.69, 9.17) is 5.73 Å². The summed E-state index contributed by atoms with van der Waals surface area (Å²) in [5, 5.41) is 69.6. The number of ketones is 2. The van der Waals surface area contributed by atoms with Crippen molar-refractivity contribution in [2.24, 2.45) is 17.6 Å². The number of fused-ring (bicyclic) bond motifs is 3. The molecule has 5 rings (SSSR count). The first-order valence-corrected chi connectivity index (χ1v) is 15.4. The molecule has 18 heteroatoms. The number of nitrogens with two attached hydrogens (primary N) is 1. The van der Waals surface area contributed by atoms with Crippen molar-refractivity contribution in [1.29, 1.82) is 0 Å². The van der Waals surface area contributed by atoms with Crippen LogP contribution in [0.4, 0.5) is 13.2 Å². The number of aliphatic hydroxyl groups is 5. The Bertz CT molecular complexity index is 1750. The number of carbonyl (C=O) groups is 3. The highest BCUT2D eigenvalue weighted by Crippen LogP contribution is 2.56. The first-order chi connectivity index (χ1) is 22.6. The fourth-order valence-electron chi connectivity index (χ4n) is 7.25. The number of amides is 1. The van der Waals surface area contributed by atoms with E-state index >= 15 is 0 Å². The molecule has 0 heterocycles. The quantitative estimate of drug-likeness (QED) is 0.190. The molecule has 3 aliphatic rings. The molecule has 0 aliphatic heterocycles.